The van der Waals surface area contributed by atoms with Gasteiger partial charge in [-0.25, -0.2) is 0 Å². The van der Waals surface area contributed by atoms with Crippen molar-refractivity contribution < 1.29 is 40.3 Å². The summed E-state index contributed by atoms with van der Waals surface area (Å²) in [4.78, 5) is 17.1. The summed E-state index contributed by atoms with van der Waals surface area (Å²) in [7, 11) is -14.2. The SMILES string of the molecule is C=C(c1ccc(C=Cc2ccc(N)cc2S(=O)(=O)O)c(S(=O)(=O)O)c1)P(=O)(O)O. The summed E-state index contributed by atoms with van der Waals surface area (Å²) in [5.41, 5.74) is 5.22. The Kier molecular flexibility index (Phi) is 6.21. The monoisotopic (exact) mass is 461 g/mol. The molecule has 156 valence electrons. The van der Waals surface area contributed by atoms with Crippen LogP contribution in [0, 0.1) is 0 Å². The largest absolute Gasteiger partial charge is 0.399 e. The maximum atomic E-state index is 11.7. The van der Waals surface area contributed by atoms with Crippen molar-refractivity contribution in [1.29, 1.82) is 0 Å². The van der Waals surface area contributed by atoms with Gasteiger partial charge in [-0.1, -0.05) is 36.9 Å². The van der Waals surface area contributed by atoms with E-state index in [4.69, 9.17) is 5.73 Å². The number of hydrogen-bond donors (Lipinski definition) is 5. The predicted molar refractivity (Wildman–Crippen MR) is 107 cm³/mol. The van der Waals surface area contributed by atoms with Crippen molar-refractivity contribution in [2.45, 2.75) is 9.79 Å². The number of anilines is 1. The molecule has 2 aromatic rings. The Bertz CT molecular complexity index is 1280. The molecule has 0 radical (unpaired) electrons. The van der Waals surface area contributed by atoms with Crippen LogP contribution in [0.25, 0.3) is 17.5 Å². The van der Waals surface area contributed by atoms with Crippen LogP contribution in [0.1, 0.15) is 16.7 Å². The Morgan fingerprint density at radius 3 is 1.79 bits per heavy atom. The maximum absolute atomic E-state index is 11.7. The molecule has 0 unspecified atom stereocenters. The molecule has 0 amide bonds. The van der Waals surface area contributed by atoms with Crippen LogP contribution in [0.3, 0.4) is 0 Å². The Morgan fingerprint density at radius 2 is 1.34 bits per heavy atom. The van der Waals surface area contributed by atoms with Crippen molar-refractivity contribution in [2.75, 3.05) is 5.73 Å². The van der Waals surface area contributed by atoms with E-state index in [9.17, 15) is 40.3 Å². The zero-order chi connectivity index (χ0) is 22.2. The lowest BCUT2D eigenvalue weighted by Crippen LogP contribution is -2.03. The highest BCUT2D eigenvalue weighted by atomic mass is 32.2. The fourth-order valence-corrected chi connectivity index (χ4v) is 4.24. The number of rotatable bonds is 6. The van der Waals surface area contributed by atoms with Crippen molar-refractivity contribution in [3.8, 4) is 0 Å². The van der Waals surface area contributed by atoms with Gasteiger partial charge in [0, 0.05) is 5.69 Å². The molecule has 6 N–H and O–H groups in total. The number of nitrogens with two attached hydrogens (primary N) is 1. The van der Waals surface area contributed by atoms with E-state index >= 15 is 0 Å². The van der Waals surface area contributed by atoms with Gasteiger partial charge >= 0.3 is 7.60 Å². The fourth-order valence-electron chi connectivity index (χ4n) is 2.33. The third kappa shape index (κ3) is 5.61. The average molecular weight is 461 g/mol. The molecule has 0 aliphatic heterocycles. The highest BCUT2D eigenvalue weighted by Gasteiger charge is 2.23. The minimum atomic E-state index is -4.82. The van der Waals surface area contributed by atoms with E-state index in [1.807, 2.05) is 0 Å². The van der Waals surface area contributed by atoms with Crippen LogP contribution in [-0.4, -0.2) is 35.7 Å². The maximum Gasteiger partial charge on any atom is 0.356 e. The van der Waals surface area contributed by atoms with Gasteiger partial charge in [0.2, 0.25) is 0 Å². The van der Waals surface area contributed by atoms with E-state index in [2.05, 4.69) is 6.58 Å². The smallest absolute Gasteiger partial charge is 0.356 e. The first-order valence-corrected chi connectivity index (χ1v) is 12.0. The molecule has 0 aliphatic rings. The van der Waals surface area contributed by atoms with E-state index < -0.39 is 42.9 Å². The van der Waals surface area contributed by atoms with Gasteiger partial charge in [-0.2, -0.15) is 16.8 Å². The number of nitrogen functional groups attached to an aromatic ring is 1. The molecule has 10 nitrogen and oxygen atoms in total. The third-order valence-electron chi connectivity index (χ3n) is 3.73. The van der Waals surface area contributed by atoms with Crippen molar-refractivity contribution in [3.05, 3.63) is 59.7 Å². The highest BCUT2D eigenvalue weighted by Crippen LogP contribution is 2.50. The number of benzene rings is 2. The van der Waals surface area contributed by atoms with Gasteiger partial charge in [-0.3, -0.25) is 13.7 Å². The predicted octanol–water partition coefficient (Wildman–Crippen LogP) is 2.08. The van der Waals surface area contributed by atoms with Crippen molar-refractivity contribution in [1.82, 2.24) is 0 Å². The summed E-state index contributed by atoms with van der Waals surface area (Å²) in [6, 6.07) is 6.76. The quantitative estimate of drug-likeness (QED) is 0.184. The number of hydrogen-bond acceptors (Lipinski definition) is 6. The van der Waals surface area contributed by atoms with Crippen LogP contribution in [0.4, 0.5) is 5.69 Å². The van der Waals surface area contributed by atoms with Gasteiger partial charge in [0.25, 0.3) is 20.2 Å². The summed E-state index contributed by atoms with van der Waals surface area (Å²) in [5.74, 6) is 0. The van der Waals surface area contributed by atoms with Crippen LogP contribution in [0.2, 0.25) is 0 Å². The first-order valence-electron chi connectivity index (χ1n) is 7.53. The van der Waals surface area contributed by atoms with E-state index in [-0.39, 0.29) is 22.4 Å². The third-order valence-corrected chi connectivity index (χ3v) is 6.51. The van der Waals surface area contributed by atoms with Gasteiger partial charge in [0.1, 0.15) is 9.79 Å². The first-order chi connectivity index (χ1) is 13.1. The van der Waals surface area contributed by atoms with Crippen molar-refractivity contribution >= 4 is 51.0 Å². The van der Waals surface area contributed by atoms with Crippen LogP contribution in [-0.2, 0) is 24.8 Å². The molecular formula is C16H16NO9PS2. The molecule has 13 heteroatoms. The molecule has 2 aromatic carbocycles. The van der Waals surface area contributed by atoms with Gasteiger partial charge in [0.15, 0.2) is 0 Å². The van der Waals surface area contributed by atoms with Gasteiger partial charge in [-0.05, 0) is 34.9 Å². The molecule has 0 heterocycles. The van der Waals surface area contributed by atoms with Crippen molar-refractivity contribution in [2.24, 2.45) is 0 Å². The molecule has 0 saturated carbocycles. The molecule has 0 fully saturated rings. The average Bonchev–Trinajstić information content (AvgIpc) is 2.57. The minimum Gasteiger partial charge on any atom is -0.399 e. The molecule has 29 heavy (non-hydrogen) atoms. The second-order valence-corrected chi connectivity index (χ2v) is 10.2. The molecule has 0 saturated heterocycles. The van der Waals surface area contributed by atoms with Crippen LogP contribution in [0.5, 0.6) is 0 Å². The second kappa shape index (κ2) is 7.84. The van der Waals surface area contributed by atoms with Crippen LogP contribution < -0.4 is 5.73 Å². The molecule has 0 aliphatic carbocycles. The standard InChI is InChI=1S/C16H16NO9PS2/c1-10(27(18,19)20)13-5-4-11(15(8-13)28(21,22)23)2-3-12-6-7-14(17)9-16(12)29(24,25)26/h2-9H,1,17H2,(H2,18,19,20)(H,21,22,23)(H,24,25,26). The topological polar surface area (TPSA) is 192 Å². The molecular weight excluding hydrogens is 445 g/mol. The van der Waals surface area contributed by atoms with Crippen molar-refractivity contribution in [3.63, 3.8) is 0 Å². The van der Waals surface area contributed by atoms with E-state index in [0.29, 0.717) is 0 Å². The first kappa shape index (κ1) is 23.0. The highest BCUT2D eigenvalue weighted by molar-refractivity contribution is 7.86. The zero-order valence-electron chi connectivity index (χ0n) is 14.5. The molecule has 0 spiro atoms. The zero-order valence-corrected chi connectivity index (χ0v) is 17.0. The molecule has 0 atom stereocenters. The molecule has 2 rings (SSSR count). The van der Waals surface area contributed by atoms with Gasteiger partial charge < -0.3 is 15.5 Å². The van der Waals surface area contributed by atoms with Gasteiger partial charge in [-0.15, -0.1) is 0 Å². The van der Waals surface area contributed by atoms with E-state index in [0.717, 1.165) is 30.4 Å². The van der Waals surface area contributed by atoms with Gasteiger partial charge in [0.05, 0.1) is 5.31 Å². The molecule has 0 bridgehead atoms. The molecule has 0 aromatic heterocycles. The lowest BCUT2D eigenvalue weighted by molar-refractivity contribution is 0.388. The summed E-state index contributed by atoms with van der Waals surface area (Å²) in [6.07, 6.45) is 2.29. The normalized spacial score (nSPS) is 13.0. The Balaban J connectivity index is 2.63. The lowest BCUT2D eigenvalue weighted by atomic mass is 10.1. The minimum absolute atomic E-state index is 0.0216. The van der Waals surface area contributed by atoms with Crippen LogP contribution >= 0.6 is 7.60 Å². The van der Waals surface area contributed by atoms with E-state index in [1.54, 1.807) is 0 Å². The summed E-state index contributed by atoms with van der Waals surface area (Å²) >= 11 is 0. The Morgan fingerprint density at radius 1 is 0.897 bits per heavy atom. The van der Waals surface area contributed by atoms with E-state index in [1.165, 1.54) is 18.2 Å². The second-order valence-electron chi connectivity index (χ2n) is 5.82. The summed E-state index contributed by atoms with van der Waals surface area (Å²) in [5, 5.41) is -0.648. The summed E-state index contributed by atoms with van der Waals surface area (Å²) in [6.45, 7) is 3.23. The Hall–Kier alpha value is -2.31. The Labute approximate surface area is 166 Å². The van der Waals surface area contributed by atoms with Crippen LogP contribution in [0.15, 0.2) is 52.8 Å². The summed E-state index contributed by atoms with van der Waals surface area (Å²) < 4.78 is 76.5. The fraction of sp³-hybridized carbons (Fsp3) is 0. The lowest BCUT2D eigenvalue weighted by Gasteiger charge is -2.11.